The van der Waals surface area contributed by atoms with E-state index in [2.05, 4.69) is 24.8 Å². The summed E-state index contributed by atoms with van der Waals surface area (Å²) in [6.45, 7) is 3.64. The van der Waals surface area contributed by atoms with Crippen molar-refractivity contribution < 1.29 is 19.3 Å². The van der Waals surface area contributed by atoms with E-state index in [4.69, 9.17) is 14.2 Å². The second-order valence-electron chi connectivity index (χ2n) is 7.40. The van der Waals surface area contributed by atoms with E-state index in [0.29, 0.717) is 36.7 Å². The lowest BCUT2D eigenvalue weighted by Gasteiger charge is -2.29. The molecular formula is C18H27N7O4. The summed E-state index contributed by atoms with van der Waals surface area (Å²) in [4.78, 5) is 21.4. The van der Waals surface area contributed by atoms with E-state index in [1.807, 2.05) is 19.0 Å². The van der Waals surface area contributed by atoms with Crippen molar-refractivity contribution in [2.24, 2.45) is 4.99 Å². The van der Waals surface area contributed by atoms with Crippen molar-refractivity contribution in [3.8, 4) is 0 Å². The molecule has 1 N–H and O–H groups in total. The molecule has 0 amide bonds. The van der Waals surface area contributed by atoms with Crippen LogP contribution in [0.2, 0.25) is 0 Å². The summed E-state index contributed by atoms with van der Waals surface area (Å²) < 4.78 is 19.0. The molecule has 0 aromatic carbocycles. The van der Waals surface area contributed by atoms with Gasteiger partial charge in [0.15, 0.2) is 23.2 Å². The summed E-state index contributed by atoms with van der Waals surface area (Å²) in [7, 11) is 5.33. The number of aliphatic hydroxyl groups is 1. The van der Waals surface area contributed by atoms with Gasteiger partial charge >= 0.3 is 0 Å². The number of aliphatic imine (C=N–C) groups is 1. The second kappa shape index (κ2) is 8.67. The van der Waals surface area contributed by atoms with Crippen LogP contribution in [-0.4, -0.2) is 113 Å². The van der Waals surface area contributed by atoms with Crippen molar-refractivity contribution in [3.05, 3.63) is 12.7 Å². The molecule has 2 saturated heterocycles. The number of aliphatic hydroxyl groups excluding tert-OH is 1. The number of hydrogen-bond donors (Lipinski definition) is 1. The zero-order chi connectivity index (χ0) is 20.4. The minimum Gasteiger partial charge on any atom is -0.387 e. The molecule has 0 radical (unpaired) electrons. The molecule has 2 aliphatic heterocycles. The number of fused-ring (bicyclic) bond motifs is 1. The van der Waals surface area contributed by atoms with Gasteiger partial charge in [0.1, 0.15) is 24.6 Å². The van der Waals surface area contributed by atoms with Gasteiger partial charge in [0.25, 0.3) is 0 Å². The molecule has 0 aliphatic carbocycles. The van der Waals surface area contributed by atoms with Crippen molar-refractivity contribution in [2.45, 2.75) is 24.5 Å². The molecule has 0 spiro atoms. The summed E-state index contributed by atoms with van der Waals surface area (Å²) in [6, 6.07) is 0. The van der Waals surface area contributed by atoms with Gasteiger partial charge in [-0.25, -0.2) is 19.9 Å². The highest BCUT2D eigenvalue weighted by Crippen LogP contribution is 2.34. The van der Waals surface area contributed by atoms with Crippen molar-refractivity contribution in [2.75, 3.05) is 54.1 Å². The molecule has 0 bridgehead atoms. The molecule has 4 heterocycles. The lowest BCUT2D eigenvalue weighted by Crippen LogP contribution is -2.44. The van der Waals surface area contributed by atoms with E-state index in [-0.39, 0.29) is 6.10 Å². The Labute approximate surface area is 168 Å². The standard InChI is InChI=1S/C18H27N7O4/c1-23(2)10-22-16-13-17(20-9-19-16)25(11-21-13)18-15(27-3)14(26)12(29-18)8-24-4-6-28-7-5-24/h9-12,14-15,18,26H,4-8H2,1-3H3/t12-,14?,15?,18-/m1/s1. The minimum absolute atomic E-state index is 0.381. The molecule has 4 rings (SSSR count). The van der Waals surface area contributed by atoms with E-state index in [0.717, 1.165) is 13.1 Å². The third-order valence-electron chi connectivity index (χ3n) is 5.15. The molecule has 158 valence electrons. The Hall–Kier alpha value is -2.18. The molecule has 2 fully saturated rings. The van der Waals surface area contributed by atoms with Gasteiger partial charge in [-0.3, -0.25) is 9.47 Å². The SMILES string of the molecule is COC1C(O)[C@@H](CN2CCOCC2)O[C@H]1n1cnc2c(N=CN(C)C)ncnc21. The van der Waals surface area contributed by atoms with Gasteiger partial charge in [-0.15, -0.1) is 0 Å². The zero-order valence-corrected chi connectivity index (χ0v) is 16.9. The van der Waals surface area contributed by atoms with E-state index < -0.39 is 18.4 Å². The summed E-state index contributed by atoms with van der Waals surface area (Å²) in [5.41, 5.74) is 1.15. The fourth-order valence-electron chi connectivity index (χ4n) is 3.68. The van der Waals surface area contributed by atoms with Crippen molar-refractivity contribution in [1.29, 1.82) is 0 Å². The maximum absolute atomic E-state index is 10.8. The number of ether oxygens (including phenoxy) is 3. The van der Waals surface area contributed by atoms with Crippen LogP contribution in [0.1, 0.15) is 6.23 Å². The van der Waals surface area contributed by atoms with E-state index in [1.165, 1.54) is 6.33 Å². The van der Waals surface area contributed by atoms with E-state index >= 15 is 0 Å². The maximum atomic E-state index is 10.8. The fraction of sp³-hybridized carbons (Fsp3) is 0.667. The number of nitrogens with zero attached hydrogens (tertiary/aromatic N) is 7. The monoisotopic (exact) mass is 405 g/mol. The topological polar surface area (TPSA) is 110 Å². The first-order valence-corrected chi connectivity index (χ1v) is 9.63. The van der Waals surface area contributed by atoms with Gasteiger partial charge in [0.2, 0.25) is 0 Å². The molecule has 11 heteroatoms. The summed E-state index contributed by atoms with van der Waals surface area (Å²) >= 11 is 0. The highest BCUT2D eigenvalue weighted by molar-refractivity contribution is 5.82. The first kappa shape index (κ1) is 20.1. The van der Waals surface area contributed by atoms with Gasteiger partial charge in [-0.2, -0.15) is 0 Å². The van der Waals surface area contributed by atoms with E-state index in [1.54, 1.807) is 24.3 Å². The third kappa shape index (κ3) is 4.09. The van der Waals surface area contributed by atoms with Crippen molar-refractivity contribution in [3.63, 3.8) is 0 Å². The fourth-order valence-corrected chi connectivity index (χ4v) is 3.68. The summed E-state index contributed by atoms with van der Waals surface area (Å²) in [5, 5.41) is 10.8. The summed E-state index contributed by atoms with van der Waals surface area (Å²) in [6.07, 6.45) is 2.50. The largest absolute Gasteiger partial charge is 0.387 e. The molecule has 2 aromatic rings. The molecule has 29 heavy (non-hydrogen) atoms. The normalized spacial score (nSPS) is 28.6. The molecule has 0 saturated carbocycles. The highest BCUT2D eigenvalue weighted by atomic mass is 16.6. The molecule has 4 atom stereocenters. The Balaban J connectivity index is 1.59. The van der Waals surface area contributed by atoms with Crippen LogP contribution in [0.5, 0.6) is 0 Å². The van der Waals surface area contributed by atoms with Gasteiger partial charge in [-0.1, -0.05) is 0 Å². The Bertz CT molecular complexity index is 852. The van der Waals surface area contributed by atoms with Crippen LogP contribution in [0.15, 0.2) is 17.6 Å². The van der Waals surface area contributed by atoms with Gasteiger partial charge < -0.3 is 24.2 Å². The Morgan fingerprint density at radius 2 is 2.10 bits per heavy atom. The van der Waals surface area contributed by atoms with Crippen LogP contribution in [0.3, 0.4) is 0 Å². The molecular weight excluding hydrogens is 378 g/mol. The zero-order valence-electron chi connectivity index (χ0n) is 16.9. The predicted molar refractivity (Wildman–Crippen MR) is 105 cm³/mol. The smallest absolute Gasteiger partial charge is 0.184 e. The van der Waals surface area contributed by atoms with Gasteiger partial charge in [0.05, 0.1) is 25.9 Å². The van der Waals surface area contributed by atoms with Crippen LogP contribution < -0.4 is 0 Å². The van der Waals surface area contributed by atoms with Crippen LogP contribution in [0, 0.1) is 0 Å². The quantitative estimate of drug-likeness (QED) is 0.509. The highest BCUT2D eigenvalue weighted by Gasteiger charge is 2.46. The predicted octanol–water partition coefficient (Wildman–Crippen LogP) is -0.347. The van der Waals surface area contributed by atoms with E-state index in [9.17, 15) is 5.11 Å². The van der Waals surface area contributed by atoms with Gasteiger partial charge in [0, 0.05) is 40.8 Å². The Morgan fingerprint density at radius 1 is 1.31 bits per heavy atom. The second-order valence-corrected chi connectivity index (χ2v) is 7.40. The first-order valence-electron chi connectivity index (χ1n) is 9.63. The Kier molecular flexibility index (Phi) is 6.01. The molecule has 2 aromatic heterocycles. The van der Waals surface area contributed by atoms with Crippen LogP contribution >= 0.6 is 0 Å². The van der Waals surface area contributed by atoms with Gasteiger partial charge in [-0.05, 0) is 0 Å². The number of hydrogen-bond acceptors (Lipinski definition) is 9. The lowest BCUT2D eigenvalue weighted by atomic mass is 10.1. The van der Waals surface area contributed by atoms with Crippen molar-refractivity contribution in [1.82, 2.24) is 29.3 Å². The van der Waals surface area contributed by atoms with Crippen LogP contribution in [0.4, 0.5) is 5.82 Å². The average Bonchev–Trinajstić information content (AvgIpc) is 3.28. The third-order valence-corrected chi connectivity index (χ3v) is 5.15. The first-order chi connectivity index (χ1) is 14.1. The molecule has 2 aliphatic rings. The number of imidazole rings is 1. The minimum atomic E-state index is -0.765. The lowest BCUT2D eigenvalue weighted by molar-refractivity contribution is -0.0603. The number of methoxy groups -OCH3 is 1. The number of aromatic nitrogens is 4. The molecule has 11 nitrogen and oxygen atoms in total. The molecule has 2 unspecified atom stereocenters. The average molecular weight is 405 g/mol. The number of morpholine rings is 1. The summed E-state index contributed by atoms with van der Waals surface area (Å²) in [5.74, 6) is 0.472. The number of rotatable bonds is 6. The van der Waals surface area contributed by atoms with Crippen LogP contribution in [0.25, 0.3) is 11.2 Å². The maximum Gasteiger partial charge on any atom is 0.184 e. The van der Waals surface area contributed by atoms with Crippen molar-refractivity contribution >= 4 is 23.3 Å². The Morgan fingerprint density at radius 3 is 2.83 bits per heavy atom. The van der Waals surface area contributed by atoms with Crippen LogP contribution in [-0.2, 0) is 14.2 Å².